The predicted octanol–water partition coefficient (Wildman–Crippen LogP) is 1.66. The minimum atomic E-state index is -0.0734. The van der Waals surface area contributed by atoms with Crippen LogP contribution in [0.15, 0.2) is 18.2 Å². The molecule has 0 saturated heterocycles. The average molecular weight is 209 g/mol. The van der Waals surface area contributed by atoms with E-state index >= 15 is 0 Å². The lowest BCUT2D eigenvalue weighted by Gasteiger charge is -2.14. The molecule has 0 amide bonds. The van der Waals surface area contributed by atoms with Gasteiger partial charge in [0.25, 0.3) is 0 Å². The smallest absolute Gasteiger partial charge is 0.122 e. The molecule has 0 fully saturated rings. The Balaban J connectivity index is 2.50. The van der Waals surface area contributed by atoms with Gasteiger partial charge < -0.3 is 15.2 Å². The number of ether oxygens (including phenoxy) is 2. The van der Waals surface area contributed by atoms with E-state index in [1.165, 1.54) is 5.56 Å². The van der Waals surface area contributed by atoms with Crippen molar-refractivity contribution in [1.29, 1.82) is 0 Å². The summed E-state index contributed by atoms with van der Waals surface area (Å²) in [5.41, 5.74) is 8.14. The second-order valence-corrected chi connectivity index (χ2v) is 3.80. The van der Waals surface area contributed by atoms with E-state index < -0.39 is 0 Å². The van der Waals surface area contributed by atoms with Crippen LogP contribution in [-0.4, -0.2) is 26.4 Å². The summed E-state index contributed by atoms with van der Waals surface area (Å²) in [5.74, 6) is 0.896. The van der Waals surface area contributed by atoms with E-state index in [9.17, 15) is 0 Å². The van der Waals surface area contributed by atoms with Crippen molar-refractivity contribution < 1.29 is 9.47 Å². The van der Waals surface area contributed by atoms with Crippen LogP contribution in [0, 0.1) is 13.8 Å². The Kier molecular flexibility index (Phi) is 4.59. The Bertz CT molecular complexity index is 312. The third kappa shape index (κ3) is 3.90. The van der Waals surface area contributed by atoms with Crippen LogP contribution in [-0.2, 0) is 4.74 Å². The first-order valence-corrected chi connectivity index (χ1v) is 5.08. The minimum Gasteiger partial charge on any atom is -0.492 e. The summed E-state index contributed by atoms with van der Waals surface area (Å²) < 4.78 is 10.5. The molecular weight excluding hydrogens is 190 g/mol. The molecule has 0 bridgehead atoms. The number of nitrogens with two attached hydrogens (primary N) is 1. The molecule has 0 aromatic heterocycles. The second-order valence-electron chi connectivity index (χ2n) is 3.80. The van der Waals surface area contributed by atoms with Gasteiger partial charge in [-0.3, -0.25) is 0 Å². The highest BCUT2D eigenvalue weighted by Crippen LogP contribution is 2.18. The van der Waals surface area contributed by atoms with Gasteiger partial charge in [0.2, 0.25) is 0 Å². The molecule has 0 aliphatic heterocycles. The fraction of sp³-hybridized carbons (Fsp3) is 0.500. The SMILES string of the molecule is COCC(N)COc1ccc(C)cc1C. The van der Waals surface area contributed by atoms with Gasteiger partial charge in [0.1, 0.15) is 12.4 Å². The topological polar surface area (TPSA) is 44.5 Å². The van der Waals surface area contributed by atoms with Gasteiger partial charge in [0.05, 0.1) is 12.6 Å². The summed E-state index contributed by atoms with van der Waals surface area (Å²) in [6.07, 6.45) is 0. The van der Waals surface area contributed by atoms with Crippen LogP contribution in [0.4, 0.5) is 0 Å². The maximum Gasteiger partial charge on any atom is 0.122 e. The van der Waals surface area contributed by atoms with Crippen molar-refractivity contribution in [2.24, 2.45) is 5.73 Å². The maximum atomic E-state index is 5.76. The summed E-state index contributed by atoms with van der Waals surface area (Å²) in [7, 11) is 1.64. The van der Waals surface area contributed by atoms with Crippen molar-refractivity contribution in [2.75, 3.05) is 20.3 Å². The highest BCUT2D eigenvalue weighted by molar-refractivity contribution is 5.35. The highest BCUT2D eigenvalue weighted by atomic mass is 16.5. The van der Waals surface area contributed by atoms with E-state index in [0.717, 1.165) is 11.3 Å². The molecule has 1 rings (SSSR count). The fourth-order valence-corrected chi connectivity index (χ4v) is 1.42. The molecule has 3 heteroatoms. The van der Waals surface area contributed by atoms with E-state index in [-0.39, 0.29) is 6.04 Å². The van der Waals surface area contributed by atoms with E-state index in [0.29, 0.717) is 13.2 Å². The largest absolute Gasteiger partial charge is 0.492 e. The van der Waals surface area contributed by atoms with Crippen molar-refractivity contribution in [3.63, 3.8) is 0 Å². The van der Waals surface area contributed by atoms with Gasteiger partial charge in [-0.2, -0.15) is 0 Å². The van der Waals surface area contributed by atoms with Gasteiger partial charge in [-0.15, -0.1) is 0 Å². The number of aryl methyl sites for hydroxylation is 2. The zero-order valence-corrected chi connectivity index (χ0v) is 9.62. The van der Waals surface area contributed by atoms with Crippen LogP contribution in [0.3, 0.4) is 0 Å². The van der Waals surface area contributed by atoms with Gasteiger partial charge in [-0.1, -0.05) is 17.7 Å². The quantitative estimate of drug-likeness (QED) is 0.802. The highest BCUT2D eigenvalue weighted by Gasteiger charge is 2.04. The van der Waals surface area contributed by atoms with Crippen LogP contribution in [0.2, 0.25) is 0 Å². The molecule has 2 N–H and O–H groups in total. The second kappa shape index (κ2) is 5.73. The van der Waals surface area contributed by atoms with Crippen molar-refractivity contribution >= 4 is 0 Å². The number of hydrogen-bond donors (Lipinski definition) is 1. The van der Waals surface area contributed by atoms with Gasteiger partial charge >= 0.3 is 0 Å². The third-order valence-electron chi connectivity index (χ3n) is 2.16. The number of hydrogen-bond acceptors (Lipinski definition) is 3. The van der Waals surface area contributed by atoms with Crippen molar-refractivity contribution in [1.82, 2.24) is 0 Å². The van der Waals surface area contributed by atoms with E-state index in [1.807, 2.05) is 19.1 Å². The van der Waals surface area contributed by atoms with Crippen LogP contribution < -0.4 is 10.5 Å². The first-order valence-electron chi connectivity index (χ1n) is 5.08. The molecule has 0 aliphatic carbocycles. The van der Waals surface area contributed by atoms with Crippen molar-refractivity contribution in [2.45, 2.75) is 19.9 Å². The lowest BCUT2D eigenvalue weighted by molar-refractivity contribution is 0.152. The maximum absolute atomic E-state index is 5.76. The summed E-state index contributed by atoms with van der Waals surface area (Å²) in [6.45, 7) is 5.10. The van der Waals surface area contributed by atoms with E-state index in [1.54, 1.807) is 7.11 Å². The Labute approximate surface area is 91.2 Å². The number of rotatable bonds is 5. The lowest BCUT2D eigenvalue weighted by Crippen LogP contribution is -2.32. The summed E-state index contributed by atoms with van der Waals surface area (Å²) in [5, 5.41) is 0. The summed E-state index contributed by atoms with van der Waals surface area (Å²) >= 11 is 0. The Morgan fingerprint density at radius 1 is 1.27 bits per heavy atom. The Morgan fingerprint density at radius 3 is 2.60 bits per heavy atom. The lowest BCUT2D eigenvalue weighted by atomic mass is 10.1. The van der Waals surface area contributed by atoms with Gasteiger partial charge in [-0.25, -0.2) is 0 Å². The summed E-state index contributed by atoms with van der Waals surface area (Å²) in [6, 6.07) is 6.03. The molecule has 0 saturated carbocycles. The number of benzene rings is 1. The monoisotopic (exact) mass is 209 g/mol. The van der Waals surface area contributed by atoms with Crippen molar-refractivity contribution in [3.05, 3.63) is 29.3 Å². The molecule has 0 radical (unpaired) electrons. The van der Waals surface area contributed by atoms with Gasteiger partial charge in [0, 0.05) is 7.11 Å². The standard InChI is InChI=1S/C12H19NO2/c1-9-4-5-12(10(2)6-9)15-8-11(13)7-14-3/h4-6,11H,7-8,13H2,1-3H3. The fourth-order valence-electron chi connectivity index (χ4n) is 1.42. The van der Waals surface area contributed by atoms with Gasteiger partial charge in [0.15, 0.2) is 0 Å². The first-order chi connectivity index (χ1) is 7.13. The molecule has 1 atom stereocenters. The van der Waals surface area contributed by atoms with Gasteiger partial charge in [-0.05, 0) is 25.5 Å². The normalized spacial score (nSPS) is 12.5. The zero-order chi connectivity index (χ0) is 11.3. The molecule has 84 valence electrons. The van der Waals surface area contributed by atoms with E-state index in [4.69, 9.17) is 15.2 Å². The molecule has 0 heterocycles. The molecule has 15 heavy (non-hydrogen) atoms. The molecule has 1 aromatic rings. The third-order valence-corrected chi connectivity index (χ3v) is 2.16. The minimum absolute atomic E-state index is 0.0734. The summed E-state index contributed by atoms with van der Waals surface area (Å²) in [4.78, 5) is 0. The van der Waals surface area contributed by atoms with Crippen molar-refractivity contribution in [3.8, 4) is 5.75 Å². The van der Waals surface area contributed by atoms with Crippen LogP contribution >= 0.6 is 0 Å². The Hall–Kier alpha value is -1.06. The number of methoxy groups -OCH3 is 1. The Morgan fingerprint density at radius 2 is 2.00 bits per heavy atom. The molecule has 1 aromatic carbocycles. The molecule has 3 nitrogen and oxygen atoms in total. The van der Waals surface area contributed by atoms with Crippen LogP contribution in [0.1, 0.15) is 11.1 Å². The van der Waals surface area contributed by atoms with Crippen LogP contribution in [0.25, 0.3) is 0 Å². The molecule has 0 aliphatic rings. The predicted molar refractivity (Wildman–Crippen MR) is 61.3 cm³/mol. The van der Waals surface area contributed by atoms with Crippen LogP contribution in [0.5, 0.6) is 5.75 Å². The first kappa shape index (κ1) is 12.0. The average Bonchev–Trinajstić information content (AvgIpc) is 2.17. The molecule has 0 spiro atoms. The molecular formula is C12H19NO2. The van der Waals surface area contributed by atoms with E-state index in [2.05, 4.69) is 13.0 Å². The zero-order valence-electron chi connectivity index (χ0n) is 9.62. The molecule has 1 unspecified atom stereocenters.